The Kier molecular flexibility index (Phi) is 9.32. The zero-order valence-corrected chi connectivity index (χ0v) is 18.5. The van der Waals surface area contributed by atoms with Gasteiger partial charge in [0.1, 0.15) is 0 Å². The minimum absolute atomic E-state index is 0.0194. The van der Waals surface area contributed by atoms with Gasteiger partial charge in [0.2, 0.25) is 0 Å². The lowest BCUT2D eigenvalue weighted by molar-refractivity contribution is -0.155. The normalized spacial score (nSPS) is 30.3. The van der Waals surface area contributed by atoms with Gasteiger partial charge in [-0.15, -0.1) is 0 Å². The van der Waals surface area contributed by atoms with Crippen LogP contribution >= 0.6 is 0 Å². The van der Waals surface area contributed by atoms with E-state index in [-0.39, 0.29) is 6.29 Å². The molecule has 2 heteroatoms. The van der Waals surface area contributed by atoms with E-state index in [0.29, 0.717) is 12.0 Å². The first-order valence-electron chi connectivity index (χ1n) is 11.1. The molecule has 27 heavy (non-hydrogen) atoms. The third-order valence-electron chi connectivity index (χ3n) is 6.96. The largest absolute Gasteiger partial charge is 0.353 e. The van der Waals surface area contributed by atoms with Crippen molar-refractivity contribution in [1.82, 2.24) is 0 Å². The van der Waals surface area contributed by atoms with Crippen LogP contribution in [0.2, 0.25) is 0 Å². The first kappa shape index (κ1) is 22.4. The van der Waals surface area contributed by atoms with Crippen molar-refractivity contribution in [3.63, 3.8) is 0 Å². The van der Waals surface area contributed by atoms with E-state index in [0.717, 1.165) is 31.8 Å². The average molecular weight is 375 g/mol. The molecule has 0 radical (unpaired) electrons. The quantitative estimate of drug-likeness (QED) is 0.392. The predicted molar refractivity (Wildman–Crippen MR) is 116 cm³/mol. The van der Waals surface area contributed by atoms with Crippen LogP contribution in [0.3, 0.4) is 0 Å². The SMILES string of the molecule is CC1=CCC[C@@H](C)[C@]1(C)CC/C(C)=C/CC/C(C)=C/COC1CCCCO1. The van der Waals surface area contributed by atoms with Crippen molar-refractivity contribution in [3.05, 3.63) is 34.9 Å². The maximum Gasteiger partial charge on any atom is 0.157 e. The van der Waals surface area contributed by atoms with Gasteiger partial charge in [-0.3, -0.25) is 0 Å². The van der Waals surface area contributed by atoms with Crippen molar-refractivity contribution >= 4 is 0 Å². The van der Waals surface area contributed by atoms with Crippen LogP contribution in [0.15, 0.2) is 34.9 Å². The van der Waals surface area contributed by atoms with Gasteiger partial charge in [0.05, 0.1) is 6.61 Å². The Labute approximate surface area is 168 Å². The molecule has 0 aromatic carbocycles. The average Bonchev–Trinajstić information content (AvgIpc) is 2.65. The minimum Gasteiger partial charge on any atom is -0.353 e. The van der Waals surface area contributed by atoms with Crippen LogP contribution in [0.25, 0.3) is 0 Å². The Balaban J connectivity index is 1.68. The summed E-state index contributed by atoms with van der Waals surface area (Å²) < 4.78 is 11.4. The maximum absolute atomic E-state index is 5.80. The molecule has 1 fully saturated rings. The molecule has 0 N–H and O–H groups in total. The highest BCUT2D eigenvalue weighted by Crippen LogP contribution is 2.45. The van der Waals surface area contributed by atoms with Crippen LogP contribution in [0.5, 0.6) is 0 Å². The number of hydrogen-bond donors (Lipinski definition) is 0. The van der Waals surface area contributed by atoms with Crippen LogP contribution in [-0.4, -0.2) is 19.5 Å². The fourth-order valence-corrected chi connectivity index (χ4v) is 4.28. The van der Waals surface area contributed by atoms with Crippen molar-refractivity contribution < 1.29 is 9.47 Å². The van der Waals surface area contributed by atoms with Crippen molar-refractivity contribution in [3.8, 4) is 0 Å². The van der Waals surface area contributed by atoms with Crippen LogP contribution in [0, 0.1) is 11.3 Å². The number of ether oxygens (including phenoxy) is 2. The summed E-state index contributed by atoms with van der Waals surface area (Å²) in [6, 6.07) is 0. The summed E-state index contributed by atoms with van der Waals surface area (Å²) in [4.78, 5) is 0. The van der Waals surface area contributed by atoms with E-state index < -0.39 is 0 Å². The van der Waals surface area contributed by atoms with E-state index in [2.05, 4.69) is 52.8 Å². The maximum atomic E-state index is 5.80. The van der Waals surface area contributed by atoms with Gasteiger partial charge >= 0.3 is 0 Å². The van der Waals surface area contributed by atoms with Gasteiger partial charge in [-0.25, -0.2) is 0 Å². The highest BCUT2D eigenvalue weighted by molar-refractivity contribution is 5.17. The lowest BCUT2D eigenvalue weighted by Crippen LogP contribution is -2.29. The van der Waals surface area contributed by atoms with E-state index in [4.69, 9.17) is 9.47 Å². The molecule has 2 aliphatic rings. The van der Waals surface area contributed by atoms with E-state index in [1.165, 1.54) is 44.1 Å². The fourth-order valence-electron chi connectivity index (χ4n) is 4.28. The summed E-state index contributed by atoms with van der Waals surface area (Å²) >= 11 is 0. The number of allylic oxidation sites excluding steroid dienone is 5. The zero-order valence-electron chi connectivity index (χ0n) is 18.5. The molecule has 154 valence electrons. The van der Waals surface area contributed by atoms with E-state index >= 15 is 0 Å². The lowest BCUT2D eigenvalue weighted by atomic mass is 9.65. The van der Waals surface area contributed by atoms with Crippen molar-refractivity contribution in [2.45, 2.75) is 98.7 Å². The van der Waals surface area contributed by atoms with Gasteiger partial charge in [-0.05, 0) is 89.9 Å². The highest BCUT2D eigenvalue weighted by atomic mass is 16.7. The van der Waals surface area contributed by atoms with Crippen molar-refractivity contribution in [2.24, 2.45) is 11.3 Å². The Morgan fingerprint density at radius 1 is 1.19 bits per heavy atom. The Hall–Kier alpha value is -0.860. The smallest absolute Gasteiger partial charge is 0.157 e. The van der Waals surface area contributed by atoms with Crippen LogP contribution in [0.1, 0.15) is 92.4 Å². The monoisotopic (exact) mass is 374 g/mol. The molecule has 0 amide bonds. The molecule has 0 bridgehead atoms. The number of hydrogen-bond acceptors (Lipinski definition) is 2. The molecule has 2 rings (SSSR count). The lowest BCUT2D eigenvalue weighted by Gasteiger charge is -2.40. The fraction of sp³-hybridized carbons (Fsp3) is 0.760. The minimum atomic E-state index is 0.0194. The Morgan fingerprint density at radius 3 is 2.67 bits per heavy atom. The topological polar surface area (TPSA) is 18.5 Å². The molecule has 1 aliphatic carbocycles. The highest BCUT2D eigenvalue weighted by Gasteiger charge is 2.34. The number of rotatable bonds is 9. The molecular formula is C25H42O2. The molecule has 1 heterocycles. The van der Waals surface area contributed by atoms with Gasteiger partial charge in [-0.2, -0.15) is 0 Å². The summed E-state index contributed by atoms with van der Waals surface area (Å²) in [5, 5.41) is 0. The van der Waals surface area contributed by atoms with Gasteiger partial charge in [0.25, 0.3) is 0 Å². The molecule has 0 saturated carbocycles. The summed E-state index contributed by atoms with van der Waals surface area (Å²) in [5.41, 5.74) is 4.96. The molecule has 0 spiro atoms. The molecule has 3 atom stereocenters. The summed E-state index contributed by atoms with van der Waals surface area (Å²) in [6.45, 7) is 13.3. The van der Waals surface area contributed by atoms with Crippen molar-refractivity contribution in [1.29, 1.82) is 0 Å². The molecule has 0 aromatic rings. The van der Waals surface area contributed by atoms with E-state index in [1.54, 1.807) is 11.1 Å². The van der Waals surface area contributed by atoms with Crippen LogP contribution < -0.4 is 0 Å². The van der Waals surface area contributed by atoms with Gasteiger partial charge < -0.3 is 9.47 Å². The summed E-state index contributed by atoms with van der Waals surface area (Å²) in [7, 11) is 0. The second-order valence-corrected chi connectivity index (χ2v) is 9.05. The van der Waals surface area contributed by atoms with Gasteiger partial charge in [0.15, 0.2) is 6.29 Å². The third kappa shape index (κ3) is 7.23. The summed E-state index contributed by atoms with van der Waals surface area (Å²) in [5.74, 6) is 0.800. The van der Waals surface area contributed by atoms with Crippen molar-refractivity contribution in [2.75, 3.05) is 13.2 Å². The predicted octanol–water partition coefficient (Wildman–Crippen LogP) is 7.37. The standard InChI is InChI=1S/C25H42O2/c1-20(15-17-25(5)22(3)12-9-13-23(25)4)10-8-11-21(2)16-19-27-24-14-6-7-18-26-24/h10,12,16,23-24H,6-9,11,13-15,17-19H2,1-5H3/b20-10+,21-16+/t23-,24?,25-/m1/s1. The van der Waals surface area contributed by atoms with Gasteiger partial charge in [0, 0.05) is 6.61 Å². The second kappa shape index (κ2) is 11.2. The molecule has 1 aliphatic heterocycles. The molecule has 1 unspecified atom stereocenters. The zero-order chi connectivity index (χ0) is 19.7. The van der Waals surface area contributed by atoms with E-state index in [1.807, 2.05) is 0 Å². The van der Waals surface area contributed by atoms with E-state index in [9.17, 15) is 0 Å². The summed E-state index contributed by atoms with van der Waals surface area (Å²) in [6.07, 6.45) is 18.0. The third-order valence-corrected chi connectivity index (χ3v) is 6.96. The first-order chi connectivity index (χ1) is 12.9. The second-order valence-electron chi connectivity index (χ2n) is 9.05. The molecular weight excluding hydrogens is 332 g/mol. The first-order valence-corrected chi connectivity index (χ1v) is 11.1. The molecule has 0 aromatic heterocycles. The molecule has 2 nitrogen and oxygen atoms in total. The Morgan fingerprint density at radius 2 is 1.96 bits per heavy atom. The van der Waals surface area contributed by atoms with Crippen LogP contribution in [-0.2, 0) is 9.47 Å². The van der Waals surface area contributed by atoms with Gasteiger partial charge in [-0.1, -0.05) is 48.8 Å². The molecule has 1 saturated heterocycles. The Bertz CT molecular complexity index is 537. The van der Waals surface area contributed by atoms with Crippen LogP contribution in [0.4, 0.5) is 0 Å².